The number of hydrogen-bond acceptors (Lipinski definition) is 4. The summed E-state index contributed by atoms with van der Waals surface area (Å²) < 4.78 is 1.18. The van der Waals surface area contributed by atoms with Crippen LogP contribution in [0.25, 0.3) is 10.2 Å². The first-order chi connectivity index (χ1) is 9.31. The van der Waals surface area contributed by atoms with Crippen molar-refractivity contribution in [2.24, 2.45) is 5.92 Å². The fraction of sp³-hybridized carbons (Fsp3) is 0.429. The average molecular weight is 292 g/mol. The summed E-state index contributed by atoms with van der Waals surface area (Å²) in [6, 6.07) is 8.06. The molecule has 1 aromatic heterocycles. The van der Waals surface area contributed by atoms with Crippen molar-refractivity contribution in [2.75, 3.05) is 11.5 Å². The van der Waals surface area contributed by atoms with E-state index in [-0.39, 0.29) is 5.91 Å². The summed E-state index contributed by atoms with van der Waals surface area (Å²) >= 11 is 3.39. The van der Waals surface area contributed by atoms with Crippen LogP contribution in [0.2, 0.25) is 0 Å². The smallest absolute Gasteiger partial charge is 0.230 e. The van der Waals surface area contributed by atoms with Crippen molar-refractivity contribution < 1.29 is 4.79 Å². The van der Waals surface area contributed by atoms with Gasteiger partial charge in [-0.25, -0.2) is 4.98 Å². The molecule has 1 fully saturated rings. The Bertz CT molecular complexity index is 545. The number of nitrogens with zero attached hydrogens (tertiary/aromatic N) is 1. The molecule has 1 saturated carbocycles. The number of rotatable bonds is 6. The van der Waals surface area contributed by atoms with Gasteiger partial charge in [0.2, 0.25) is 5.91 Å². The molecule has 1 aliphatic carbocycles. The van der Waals surface area contributed by atoms with E-state index in [1.165, 1.54) is 17.5 Å². The SMILES string of the molecule is O=C(CSCC1CC1)NCc1nc2ccccc2s1. The second-order valence-corrected chi connectivity index (χ2v) is 6.96. The number of aromatic nitrogens is 1. The fourth-order valence-corrected chi connectivity index (χ4v) is 3.80. The van der Waals surface area contributed by atoms with Gasteiger partial charge in [-0.05, 0) is 36.6 Å². The molecule has 3 rings (SSSR count). The maximum atomic E-state index is 11.7. The first-order valence-corrected chi connectivity index (χ1v) is 8.47. The summed E-state index contributed by atoms with van der Waals surface area (Å²) in [7, 11) is 0. The van der Waals surface area contributed by atoms with E-state index in [9.17, 15) is 4.79 Å². The summed E-state index contributed by atoms with van der Waals surface area (Å²) in [5, 5.41) is 3.92. The molecule has 3 nitrogen and oxygen atoms in total. The Kier molecular flexibility index (Phi) is 4.03. The molecule has 1 amide bonds. The van der Waals surface area contributed by atoms with Crippen molar-refractivity contribution in [3.05, 3.63) is 29.3 Å². The highest BCUT2D eigenvalue weighted by molar-refractivity contribution is 7.99. The van der Waals surface area contributed by atoms with Crippen molar-refractivity contribution in [2.45, 2.75) is 19.4 Å². The first kappa shape index (κ1) is 12.9. The van der Waals surface area contributed by atoms with Crippen LogP contribution in [-0.4, -0.2) is 22.4 Å². The van der Waals surface area contributed by atoms with Crippen molar-refractivity contribution in [1.82, 2.24) is 10.3 Å². The second-order valence-electron chi connectivity index (χ2n) is 4.81. The van der Waals surface area contributed by atoms with Gasteiger partial charge in [-0.3, -0.25) is 4.79 Å². The molecule has 100 valence electrons. The van der Waals surface area contributed by atoms with Crippen molar-refractivity contribution in [3.63, 3.8) is 0 Å². The van der Waals surface area contributed by atoms with Crippen LogP contribution in [0.4, 0.5) is 0 Å². The lowest BCUT2D eigenvalue weighted by Crippen LogP contribution is -2.24. The normalized spacial score (nSPS) is 14.7. The number of amides is 1. The fourth-order valence-electron chi connectivity index (χ4n) is 1.82. The van der Waals surface area contributed by atoms with Crippen LogP contribution in [0.15, 0.2) is 24.3 Å². The Balaban J connectivity index is 1.46. The van der Waals surface area contributed by atoms with Crippen molar-refractivity contribution in [3.8, 4) is 0 Å². The Morgan fingerprint density at radius 3 is 3.05 bits per heavy atom. The van der Waals surface area contributed by atoms with E-state index < -0.39 is 0 Å². The predicted molar refractivity (Wildman–Crippen MR) is 81.5 cm³/mol. The number of hydrogen-bond donors (Lipinski definition) is 1. The highest BCUT2D eigenvalue weighted by atomic mass is 32.2. The highest BCUT2D eigenvalue weighted by Crippen LogP contribution is 2.32. The zero-order valence-corrected chi connectivity index (χ0v) is 12.2. The maximum Gasteiger partial charge on any atom is 0.230 e. The number of fused-ring (bicyclic) bond motifs is 1. The lowest BCUT2D eigenvalue weighted by Gasteiger charge is -2.02. The Hall–Kier alpha value is -1.07. The van der Waals surface area contributed by atoms with Crippen LogP contribution < -0.4 is 5.32 Å². The molecule has 19 heavy (non-hydrogen) atoms. The van der Waals surface area contributed by atoms with E-state index in [0.29, 0.717) is 12.3 Å². The zero-order valence-electron chi connectivity index (χ0n) is 10.6. The second kappa shape index (κ2) is 5.92. The Morgan fingerprint density at radius 1 is 1.42 bits per heavy atom. The van der Waals surface area contributed by atoms with Gasteiger partial charge in [0.25, 0.3) is 0 Å². The highest BCUT2D eigenvalue weighted by Gasteiger charge is 2.21. The molecule has 0 unspecified atom stereocenters. The molecular formula is C14H16N2OS2. The number of para-hydroxylation sites is 1. The minimum Gasteiger partial charge on any atom is -0.349 e. The Morgan fingerprint density at radius 2 is 2.26 bits per heavy atom. The average Bonchev–Trinajstić information content (AvgIpc) is 3.14. The van der Waals surface area contributed by atoms with E-state index in [4.69, 9.17) is 0 Å². The molecule has 1 aliphatic rings. The summed E-state index contributed by atoms with van der Waals surface area (Å²) in [6.45, 7) is 0.544. The monoisotopic (exact) mass is 292 g/mol. The Labute approximate surface area is 120 Å². The van der Waals surface area contributed by atoms with Crippen LogP contribution in [-0.2, 0) is 11.3 Å². The molecular weight excluding hydrogens is 276 g/mol. The van der Waals surface area contributed by atoms with Crippen LogP contribution in [0.3, 0.4) is 0 Å². The van der Waals surface area contributed by atoms with Gasteiger partial charge in [-0.15, -0.1) is 11.3 Å². The topological polar surface area (TPSA) is 42.0 Å². The van der Waals surface area contributed by atoms with Gasteiger partial charge in [0.05, 0.1) is 22.5 Å². The summed E-state index contributed by atoms with van der Waals surface area (Å²) in [6.07, 6.45) is 2.70. The molecule has 0 aliphatic heterocycles. The molecule has 0 atom stereocenters. The number of thioether (sulfide) groups is 1. The third-order valence-corrected chi connectivity index (χ3v) is 5.27. The van der Waals surface area contributed by atoms with Crippen LogP contribution in [0.5, 0.6) is 0 Å². The molecule has 2 aromatic rings. The van der Waals surface area contributed by atoms with Gasteiger partial charge in [0.1, 0.15) is 5.01 Å². The third kappa shape index (κ3) is 3.70. The number of nitrogens with one attached hydrogen (secondary N) is 1. The van der Waals surface area contributed by atoms with Crippen molar-refractivity contribution >= 4 is 39.2 Å². The minimum absolute atomic E-state index is 0.116. The standard InChI is InChI=1S/C14H16N2OS2/c17-13(9-18-8-10-5-6-10)15-7-14-16-11-3-1-2-4-12(11)19-14/h1-4,10H,5-9H2,(H,15,17). The molecule has 1 N–H and O–H groups in total. The van der Waals surface area contributed by atoms with E-state index in [2.05, 4.69) is 16.4 Å². The van der Waals surface area contributed by atoms with Crippen LogP contribution >= 0.6 is 23.1 Å². The van der Waals surface area contributed by atoms with Gasteiger partial charge in [0, 0.05) is 0 Å². The largest absolute Gasteiger partial charge is 0.349 e. The summed E-state index contributed by atoms with van der Waals surface area (Å²) in [5.41, 5.74) is 1.01. The quantitative estimate of drug-likeness (QED) is 0.889. The van der Waals surface area contributed by atoms with Crippen LogP contribution in [0.1, 0.15) is 17.8 Å². The van der Waals surface area contributed by atoms with E-state index in [1.807, 2.05) is 18.2 Å². The lowest BCUT2D eigenvalue weighted by molar-refractivity contribution is -0.118. The molecule has 1 heterocycles. The molecule has 0 spiro atoms. The van der Waals surface area contributed by atoms with Gasteiger partial charge in [0.15, 0.2) is 0 Å². The van der Waals surface area contributed by atoms with E-state index in [0.717, 1.165) is 22.2 Å². The molecule has 0 saturated heterocycles. The number of carbonyl (C=O) groups excluding carboxylic acids is 1. The lowest BCUT2D eigenvalue weighted by atomic mass is 10.3. The van der Waals surface area contributed by atoms with Gasteiger partial charge >= 0.3 is 0 Å². The molecule has 0 radical (unpaired) electrons. The van der Waals surface area contributed by atoms with E-state index in [1.54, 1.807) is 23.1 Å². The molecule has 0 bridgehead atoms. The predicted octanol–water partition coefficient (Wildman–Crippen LogP) is 3.06. The number of carbonyl (C=O) groups is 1. The number of thiazole rings is 1. The van der Waals surface area contributed by atoms with Crippen molar-refractivity contribution in [1.29, 1.82) is 0 Å². The van der Waals surface area contributed by atoms with Gasteiger partial charge < -0.3 is 5.32 Å². The summed E-state index contributed by atoms with van der Waals surface area (Å²) in [5.74, 6) is 2.70. The molecule has 5 heteroatoms. The van der Waals surface area contributed by atoms with E-state index >= 15 is 0 Å². The first-order valence-electron chi connectivity index (χ1n) is 6.50. The van der Waals surface area contributed by atoms with Crippen LogP contribution in [0, 0.1) is 5.92 Å². The third-order valence-electron chi connectivity index (χ3n) is 3.06. The summed E-state index contributed by atoms with van der Waals surface area (Å²) in [4.78, 5) is 16.2. The molecule has 1 aromatic carbocycles. The maximum absolute atomic E-state index is 11.7. The zero-order chi connectivity index (χ0) is 13.1. The minimum atomic E-state index is 0.116. The number of benzene rings is 1. The van der Waals surface area contributed by atoms with Gasteiger partial charge in [-0.2, -0.15) is 11.8 Å². The van der Waals surface area contributed by atoms with Gasteiger partial charge in [-0.1, -0.05) is 12.1 Å².